The molecule has 0 bridgehead atoms. The molecule has 0 fully saturated rings. The van der Waals surface area contributed by atoms with E-state index in [0.29, 0.717) is 19.0 Å². The molecule has 5 heteroatoms. The van der Waals surface area contributed by atoms with Crippen LogP contribution in [0.1, 0.15) is 22.4 Å². The van der Waals surface area contributed by atoms with Crippen LogP contribution in [0.2, 0.25) is 0 Å². The summed E-state index contributed by atoms with van der Waals surface area (Å²) in [5, 5.41) is 1.87. The molecule has 1 aliphatic rings. The van der Waals surface area contributed by atoms with Gasteiger partial charge in [-0.25, -0.2) is 15.0 Å². The number of benzene rings is 1. The minimum atomic E-state index is 0.556. The van der Waals surface area contributed by atoms with Gasteiger partial charge in [0, 0.05) is 29.2 Å². The first-order chi connectivity index (χ1) is 11.7. The second kappa shape index (κ2) is 6.02. The zero-order valence-corrected chi connectivity index (χ0v) is 13.7. The van der Waals surface area contributed by atoms with E-state index in [0.717, 1.165) is 22.6 Å². The standard InChI is InChI=1S/C19H18N4O/c1-13-14(2)21-18(15-8-5-9-20-10-15)22-19(13)23-11-16-6-3-4-7-17(16)12-24-23/h3-10H,11-12H2,1-2H3. The van der Waals surface area contributed by atoms with Crippen LogP contribution in [-0.2, 0) is 18.0 Å². The van der Waals surface area contributed by atoms with Gasteiger partial charge in [0.05, 0.1) is 6.54 Å². The monoisotopic (exact) mass is 318 g/mol. The smallest absolute Gasteiger partial charge is 0.163 e. The van der Waals surface area contributed by atoms with Crippen molar-refractivity contribution in [2.75, 3.05) is 5.06 Å². The second-order valence-electron chi connectivity index (χ2n) is 5.90. The van der Waals surface area contributed by atoms with Gasteiger partial charge in [-0.2, -0.15) is 0 Å². The fourth-order valence-electron chi connectivity index (χ4n) is 2.82. The van der Waals surface area contributed by atoms with Crippen molar-refractivity contribution in [3.63, 3.8) is 0 Å². The molecule has 0 radical (unpaired) electrons. The third-order valence-corrected chi connectivity index (χ3v) is 4.33. The van der Waals surface area contributed by atoms with Gasteiger partial charge in [-0.3, -0.25) is 9.82 Å². The summed E-state index contributed by atoms with van der Waals surface area (Å²) in [5.74, 6) is 1.49. The Hall–Kier alpha value is -2.79. The molecule has 1 aromatic carbocycles. The SMILES string of the molecule is Cc1nc(-c2cccnc2)nc(N2Cc3ccccc3CO2)c1C. The fraction of sp³-hybridized carbons (Fsp3) is 0.211. The maximum atomic E-state index is 5.94. The summed E-state index contributed by atoms with van der Waals surface area (Å²) in [6.07, 6.45) is 3.52. The van der Waals surface area contributed by atoms with Gasteiger partial charge >= 0.3 is 0 Å². The molecule has 0 N–H and O–H groups in total. The quantitative estimate of drug-likeness (QED) is 0.722. The van der Waals surface area contributed by atoms with Crippen LogP contribution in [0.5, 0.6) is 0 Å². The molecule has 120 valence electrons. The maximum absolute atomic E-state index is 5.94. The Labute approximate surface area is 140 Å². The lowest BCUT2D eigenvalue weighted by molar-refractivity contribution is 0.0759. The normalized spacial score (nSPS) is 13.7. The summed E-state index contributed by atoms with van der Waals surface area (Å²) in [5.41, 5.74) is 5.37. The Kier molecular flexibility index (Phi) is 3.70. The predicted molar refractivity (Wildman–Crippen MR) is 92.2 cm³/mol. The van der Waals surface area contributed by atoms with E-state index < -0.39 is 0 Å². The largest absolute Gasteiger partial charge is 0.267 e. The van der Waals surface area contributed by atoms with Crippen molar-refractivity contribution in [2.45, 2.75) is 27.0 Å². The Bertz CT molecular complexity index is 880. The van der Waals surface area contributed by atoms with Crippen LogP contribution in [0.3, 0.4) is 0 Å². The van der Waals surface area contributed by atoms with Crippen LogP contribution < -0.4 is 5.06 Å². The van der Waals surface area contributed by atoms with Crippen molar-refractivity contribution in [1.82, 2.24) is 15.0 Å². The molecule has 3 aromatic rings. The summed E-state index contributed by atoms with van der Waals surface area (Å²) in [6, 6.07) is 12.2. The van der Waals surface area contributed by atoms with Crippen LogP contribution in [-0.4, -0.2) is 15.0 Å². The van der Waals surface area contributed by atoms with Crippen LogP contribution in [0.25, 0.3) is 11.4 Å². The van der Waals surface area contributed by atoms with Gasteiger partial charge in [0.15, 0.2) is 11.6 Å². The summed E-state index contributed by atoms with van der Waals surface area (Å²) in [4.78, 5) is 19.5. The lowest BCUT2D eigenvalue weighted by Gasteiger charge is -2.30. The molecule has 0 spiro atoms. The predicted octanol–water partition coefficient (Wildman–Crippen LogP) is 3.61. The molecule has 5 nitrogen and oxygen atoms in total. The van der Waals surface area contributed by atoms with E-state index in [2.05, 4.69) is 28.2 Å². The van der Waals surface area contributed by atoms with Crippen molar-refractivity contribution in [1.29, 1.82) is 0 Å². The van der Waals surface area contributed by atoms with Gasteiger partial charge in [-0.05, 0) is 37.1 Å². The van der Waals surface area contributed by atoms with Crippen LogP contribution >= 0.6 is 0 Å². The van der Waals surface area contributed by atoms with Gasteiger partial charge in [0.25, 0.3) is 0 Å². The highest BCUT2D eigenvalue weighted by atomic mass is 16.7. The second-order valence-corrected chi connectivity index (χ2v) is 5.90. The number of rotatable bonds is 2. The van der Waals surface area contributed by atoms with E-state index in [-0.39, 0.29) is 0 Å². The molecule has 24 heavy (non-hydrogen) atoms. The van der Waals surface area contributed by atoms with Crippen LogP contribution in [0, 0.1) is 13.8 Å². The third kappa shape index (κ3) is 2.63. The number of hydroxylamine groups is 1. The average Bonchev–Trinajstić information content (AvgIpc) is 2.64. The zero-order chi connectivity index (χ0) is 16.5. The molecule has 0 aliphatic carbocycles. The molecule has 4 rings (SSSR count). The minimum absolute atomic E-state index is 0.556. The topological polar surface area (TPSA) is 51.1 Å². The van der Waals surface area contributed by atoms with Crippen molar-refractivity contribution in [2.24, 2.45) is 0 Å². The van der Waals surface area contributed by atoms with E-state index in [1.807, 2.05) is 37.1 Å². The van der Waals surface area contributed by atoms with Gasteiger partial charge in [0.2, 0.25) is 0 Å². The number of aromatic nitrogens is 3. The number of pyridine rings is 1. The zero-order valence-electron chi connectivity index (χ0n) is 13.7. The minimum Gasteiger partial charge on any atom is -0.267 e. The van der Waals surface area contributed by atoms with Crippen molar-refractivity contribution in [3.8, 4) is 11.4 Å². The van der Waals surface area contributed by atoms with Crippen molar-refractivity contribution in [3.05, 3.63) is 71.2 Å². The number of aryl methyl sites for hydroxylation is 1. The van der Waals surface area contributed by atoms with Gasteiger partial charge in [0.1, 0.15) is 6.61 Å². The molecule has 0 amide bonds. The van der Waals surface area contributed by atoms with Crippen LogP contribution in [0.4, 0.5) is 5.82 Å². The first-order valence-electron chi connectivity index (χ1n) is 7.95. The van der Waals surface area contributed by atoms with Crippen molar-refractivity contribution < 1.29 is 4.84 Å². The molecule has 3 heterocycles. The molecule has 2 aromatic heterocycles. The number of nitrogens with zero attached hydrogens (tertiary/aromatic N) is 4. The van der Waals surface area contributed by atoms with Gasteiger partial charge in [-0.1, -0.05) is 24.3 Å². The van der Waals surface area contributed by atoms with Crippen LogP contribution in [0.15, 0.2) is 48.8 Å². The Balaban J connectivity index is 1.75. The Morgan fingerprint density at radius 1 is 1.00 bits per heavy atom. The Morgan fingerprint density at radius 2 is 1.83 bits per heavy atom. The van der Waals surface area contributed by atoms with E-state index in [1.54, 1.807) is 12.4 Å². The lowest BCUT2D eigenvalue weighted by atomic mass is 10.1. The maximum Gasteiger partial charge on any atom is 0.163 e. The number of fused-ring (bicyclic) bond motifs is 1. The van der Waals surface area contributed by atoms with E-state index in [1.165, 1.54) is 11.1 Å². The summed E-state index contributed by atoms with van der Waals surface area (Å²) < 4.78 is 0. The first kappa shape index (κ1) is 14.8. The molecular weight excluding hydrogens is 300 g/mol. The summed E-state index contributed by atoms with van der Waals surface area (Å²) in [6.45, 7) is 5.26. The molecular formula is C19H18N4O. The molecule has 0 saturated heterocycles. The van der Waals surface area contributed by atoms with E-state index in [9.17, 15) is 0 Å². The van der Waals surface area contributed by atoms with Gasteiger partial charge < -0.3 is 0 Å². The highest BCUT2D eigenvalue weighted by Crippen LogP contribution is 2.29. The van der Waals surface area contributed by atoms with E-state index in [4.69, 9.17) is 9.82 Å². The molecule has 0 atom stereocenters. The molecule has 0 unspecified atom stereocenters. The van der Waals surface area contributed by atoms with Crippen molar-refractivity contribution >= 4 is 5.82 Å². The Morgan fingerprint density at radius 3 is 2.62 bits per heavy atom. The lowest BCUT2D eigenvalue weighted by Crippen LogP contribution is -2.30. The average molecular weight is 318 g/mol. The number of anilines is 1. The van der Waals surface area contributed by atoms with Gasteiger partial charge in [-0.15, -0.1) is 0 Å². The fourth-order valence-corrected chi connectivity index (χ4v) is 2.82. The summed E-state index contributed by atoms with van der Waals surface area (Å²) >= 11 is 0. The highest BCUT2D eigenvalue weighted by Gasteiger charge is 2.22. The molecule has 1 aliphatic heterocycles. The molecule has 0 saturated carbocycles. The number of hydrogen-bond donors (Lipinski definition) is 0. The van der Waals surface area contributed by atoms with E-state index >= 15 is 0 Å². The third-order valence-electron chi connectivity index (χ3n) is 4.33. The number of hydrogen-bond acceptors (Lipinski definition) is 5. The first-order valence-corrected chi connectivity index (χ1v) is 7.95. The highest BCUT2D eigenvalue weighted by molar-refractivity contribution is 5.59. The summed E-state index contributed by atoms with van der Waals surface area (Å²) in [7, 11) is 0.